The van der Waals surface area contributed by atoms with Crippen LogP contribution in [0.3, 0.4) is 0 Å². The Kier molecular flexibility index (Phi) is 7.90. The Morgan fingerprint density at radius 2 is 1.32 bits per heavy atom. The van der Waals surface area contributed by atoms with Gasteiger partial charge in [-0.2, -0.15) is 26.3 Å². The van der Waals surface area contributed by atoms with Crippen molar-refractivity contribution < 1.29 is 35.8 Å². The van der Waals surface area contributed by atoms with Gasteiger partial charge in [0.2, 0.25) is 0 Å². The second-order valence-corrected chi connectivity index (χ2v) is 10.7. The molecule has 3 aliphatic rings. The van der Waals surface area contributed by atoms with Crippen LogP contribution in [0, 0.1) is 5.92 Å². The number of ether oxygens (including phenoxy) is 2. The summed E-state index contributed by atoms with van der Waals surface area (Å²) in [5.41, 5.74) is 0.437. The van der Waals surface area contributed by atoms with Crippen molar-refractivity contribution in [2.75, 3.05) is 20.2 Å². The van der Waals surface area contributed by atoms with E-state index in [1.165, 1.54) is 0 Å². The van der Waals surface area contributed by atoms with Gasteiger partial charge in [-0.1, -0.05) is 43.3 Å². The van der Waals surface area contributed by atoms with Gasteiger partial charge in [0, 0.05) is 6.04 Å². The maximum atomic E-state index is 13.4. The summed E-state index contributed by atoms with van der Waals surface area (Å²) in [6, 6.07) is 17.7. The normalized spacial score (nSPS) is 23.7. The number of rotatable bonds is 7. The minimum Gasteiger partial charge on any atom is -0.497 e. The van der Waals surface area contributed by atoms with Crippen molar-refractivity contribution in [2.45, 2.75) is 56.8 Å². The van der Waals surface area contributed by atoms with Crippen molar-refractivity contribution in [3.05, 3.63) is 89.0 Å². The Bertz CT molecular complexity index is 1260. The summed E-state index contributed by atoms with van der Waals surface area (Å²) in [6.07, 6.45) is -8.30. The molecule has 6 rings (SSSR count). The number of piperidine rings is 3. The smallest absolute Gasteiger partial charge is 0.416 e. The maximum Gasteiger partial charge on any atom is 0.416 e. The number of halogens is 6. The minimum absolute atomic E-state index is 0.0350. The van der Waals surface area contributed by atoms with Gasteiger partial charge in [0.1, 0.15) is 5.75 Å². The predicted molar refractivity (Wildman–Crippen MR) is 140 cm³/mol. The maximum absolute atomic E-state index is 13.4. The van der Waals surface area contributed by atoms with E-state index in [2.05, 4.69) is 36.1 Å². The van der Waals surface area contributed by atoms with Crippen molar-refractivity contribution in [3.8, 4) is 16.9 Å². The highest BCUT2D eigenvalue weighted by Gasteiger charge is 2.45. The van der Waals surface area contributed by atoms with Crippen LogP contribution in [0.4, 0.5) is 26.3 Å². The first-order chi connectivity index (χ1) is 18.9. The Morgan fingerprint density at radius 3 is 1.82 bits per heavy atom. The molecule has 214 valence electrons. The molecule has 0 aliphatic carbocycles. The van der Waals surface area contributed by atoms with E-state index >= 15 is 0 Å². The fraction of sp³-hybridized carbons (Fsp3) is 0.419. The molecular weight excluding hydrogens is 532 g/mol. The monoisotopic (exact) mass is 563 g/mol. The lowest BCUT2D eigenvalue weighted by molar-refractivity contribution is -0.143. The molecular formula is C31H31F6NO2. The van der Waals surface area contributed by atoms with E-state index in [0.717, 1.165) is 60.5 Å². The topological polar surface area (TPSA) is 21.7 Å². The van der Waals surface area contributed by atoms with E-state index in [1.54, 1.807) is 7.11 Å². The molecule has 0 saturated carbocycles. The van der Waals surface area contributed by atoms with Gasteiger partial charge in [-0.05, 0) is 90.4 Å². The summed E-state index contributed by atoms with van der Waals surface area (Å²) in [7, 11) is 1.62. The van der Waals surface area contributed by atoms with E-state index in [9.17, 15) is 26.3 Å². The molecule has 9 heteroatoms. The Morgan fingerprint density at radius 1 is 0.800 bits per heavy atom. The Balaban J connectivity index is 1.36. The molecule has 0 aromatic heterocycles. The first kappa shape index (κ1) is 28.5. The van der Waals surface area contributed by atoms with Crippen LogP contribution >= 0.6 is 0 Å². The van der Waals surface area contributed by atoms with Crippen LogP contribution < -0.4 is 4.74 Å². The third kappa shape index (κ3) is 6.00. The summed E-state index contributed by atoms with van der Waals surface area (Å²) in [5.74, 6) is 1.02. The van der Waals surface area contributed by atoms with Gasteiger partial charge in [0.25, 0.3) is 0 Å². The van der Waals surface area contributed by atoms with Gasteiger partial charge >= 0.3 is 12.4 Å². The molecule has 0 amide bonds. The van der Waals surface area contributed by atoms with Crippen molar-refractivity contribution in [1.82, 2.24) is 4.90 Å². The highest BCUT2D eigenvalue weighted by atomic mass is 19.4. The molecule has 40 heavy (non-hydrogen) atoms. The predicted octanol–water partition coefficient (Wildman–Crippen LogP) is 8.18. The fourth-order valence-corrected chi connectivity index (χ4v) is 6.12. The molecule has 3 aromatic rings. The number of hydrogen-bond acceptors (Lipinski definition) is 3. The highest BCUT2D eigenvalue weighted by Crippen LogP contribution is 2.42. The van der Waals surface area contributed by atoms with Gasteiger partial charge in [-0.3, -0.25) is 4.90 Å². The zero-order valence-electron chi connectivity index (χ0n) is 22.2. The average Bonchev–Trinajstić information content (AvgIpc) is 2.95. The summed E-state index contributed by atoms with van der Waals surface area (Å²) >= 11 is 0. The minimum atomic E-state index is -4.89. The number of methoxy groups -OCH3 is 1. The number of nitrogens with zero attached hydrogens (tertiary/aromatic N) is 1. The van der Waals surface area contributed by atoms with E-state index in [4.69, 9.17) is 9.47 Å². The number of benzene rings is 3. The van der Waals surface area contributed by atoms with Gasteiger partial charge in [-0.25, -0.2) is 0 Å². The second kappa shape index (κ2) is 11.1. The van der Waals surface area contributed by atoms with E-state index < -0.39 is 23.5 Å². The lowest BCUT2D eigenvalue weighted by Gasteiger charge is -2.52. The standard InChI is InChI=1S/C31H31F6NO2/c1-19(21-3-5-22(6-4-21)23-7-9-27(39-2)10-8-23)28-29(24-11-13-38(28)14-12-24)40-18-20-15-25(30(32,33)34)17-26(16-20)31(35,36)37/h3-10,15-17,19,24,28-29H,11-14,18H2,1-2H3. The zero-order chi connectivity index (χ0) is 28.7. The molecule has 3 saturated heterocycles. The first-order valence-corrected chi connectivity index (χ1v) is 13.3. The zero-order valence-corrected chi connectivity index (χ0v) is 22.2. The summed E-state index contributed by atoms with van der Waals surface area (Å²) in [5, 5.41) is 0. The molecule has 0 radical (unpaired) electrons. The van der Waals surface area contributed by atoms with E-state index in [0.29, 0.717) is 0 Å². The average molecular weight is 564 g/mol. The summed E-state index contributed by atoms with van der Waals surface area (Å²) in [6.45, 7) is 3.58. The number of hydrogen-bond donors (Lipinski definition) is 0. The van der Waals surface area contributed by atoms with Gasteiger partial charge in [-0.15, -0.1) is 0 Å². The Hall–Kier alpha value is -3.04. The van der Waals surface area contributed by atoms with Crippen LogP contribution in [0.25, 0.3) is 11.1 Å². The van der Waals surface area contributed by atoms with Crippen molar-refractivity contribution in [3.63, 3.8) is 0 Å². The van der Waals surface area contributed by atoms with Crippen LogP contribution in [0.5, 0.6) is 5.75 Å². The second-order valence-electron chi connectivity index (χ2n) is 10.7. The summed E-state index contributed by atoms with van der Waals surface area (Å²) in [4.78, 5) is 2.35. The molecule has 0 spiro atoms. The third-order valence-corrected chi connectivity index (χ3v) is 8.26. The lowest BCUT2D eigenvalue weighted by Crippen LogP contribution is -2.60. The summed E-state index contributed by atoms with van der Waals surface area (Å²) < 4.78 is 91.6. The molecule has 3 nitrogen and oxygen atoms in total. The largest absolute Gasteiger partial charge is 0.497 e. The molecule has 2 bridgehead atoms. The van der Waals surface area contributed by atoms with Crippen LogP contribution in [-0.4, -0.2) is 37.2 Å². The van der Waals surface area contributed by atoms with Crippen molar-refractivity contribution in [1.29, 1.82) is 0 Å². The first-order valence-electron chi connectivity index (χ1n) is 13.3. The highest BCUT2D eigenvalue weighted by molar-refractivity contribution is 5.64. The molecule has 3 fully saturated rings. The molecule has 3 unspecified atom stereocenters. The quantitative estimate of drug-likeness (QED) is 0.271. The fourth-order valence-electron chi connectivity index (χ4n) is 6.12. The third-order valence-electron chi connectivity index (χ3n) is 8.26. The molecule has 3 heterocycles. The van der Waals surface area contributed by atoms with Gasteiger partial charge < -0.3 is 9.47 Å². The van der Waals surface area contributed by atoms with Gasteiger partial charge in [0.05, 0.1) is 30.9 Å². The molecule has 3 atom stereocenters. The SMILES string of the molecule is COc1ccc(-c2ccc(C(C)C3C(OCc4cc(C(F)(F)F)cc(C(F)(F)F)c4)C4CCN3CC4)cc2)cc1. The number of alkyl halides is 6. The lowest BCUT2D eigenvalue weighted by atomic mass is 9.74. The number of fused-ring (bicyclic) bond motifs is 3. The Labute approximate surface area is 229 Å². The van der Waals surface area contributed by atoms with Crippen LogP contribution in [0.2, 0.25) is 0 Å². The van der Waals surface area contributed by atoms with E-state index in [1.807, 2.05) is 24.3 Å². The van der Waals surface area contributed by atoms with Crippen LogP contribution in [0.15, 0.2) is 66.7 Å². The van der Waals surface area contributed by atoms with Gasteiger partial charge in [0.15, 0.2) is 0 Å². The van der Waals surface area contributed by atoms with Crippen molar-refractivity contribution >= 4 is 0 Å². The molecule has 3 aromatic carbocycles. The van der Waals surface area contributed by atoms with E-state index in [-0.39, 0.29) is 42.2 Å². The van der Waals surface area contributed by atoms with Crippen LogP contribution in [0.1, 0.15) is 47.9 Å². The molecule has 0 N–H and O–H groups in total. The van der Waals surface area contributed by atoms with Crippen molar-refractivity contribution in [2.24, 2.45) is 5.92 Å². The van der Waals surface area contributed by atoms with Crippen LogP contribution in [-0.2, 0) is 23.7 Å². The molecule has 3 aliphatic heterocycles.